The first-order valence-electron chi connectivity index (χ1n) is 22.8. The summed E-state index contributed by atoms with van der Waals surface area (Å²) in [5, 5.41) is 59.7. The predicted molar refractivity (Wildman–Crippen MR) is 234 cm³/mol. The van der Waals surface area contributed by atoms with Gasteiger partial charge in [0.25, 0.3) is 5.56 Å². The lowest BCUT2D eigenvalue weighted by molar-refractivity contribution is -0.318. The van der Waals surface area contributed by atoms with Gasteiger partial charge in [-0.1, -0.05) is 20.8 Å². The summed E-state index contributed by atoms with van der Waals surface area (Å²) in [6.07, 6.45) is -7.29. The van der Waals surface area contributed by atoms with Crippen molar-refractivity contribution < 1.29 is 58.7 Å². The van der Waals surface area contributed by atoms with E-state index in [9.17, 15) is 39.9 Å². The first-order chi connectivity index (χ1) is 29.2. The van der Waals surface area contributed by atoms with Gasteiger partial charge < -0.3 is 63.4 Å². The number of carbonyl (C=O) groups is 1. The molecule has 0 aromatic carbocycles. The highest BCUT2D eigenvalue weighted by atomic mass is 16.7. The Morgan fingerprint density at radius 1 is 0.937 bits per heavy atom. The van der Waals surface area contributed by atoms with Gasteiger partial charge in [-0.25, -0.2) is 4.79 Å². The van der Waals surface area contributed by atoms with Crippen LogP contribution in [0.3, 0.4) is 0 Å². The third kappa shape index (κ3) is 12.4. The highest BCUT2D eigenvalue weighted by Gasteiger charge is 2.53. The van der Waals surface area contributed by atoms with Crippen molar-refractivity contribution in [3.63, 3.8) is 0 Å². The number of H-pyrrole nitrogens is 1. The summed E-state index contributed by atoms with van der Waals surface area (Å²) in [4.78, 5) is 45.4. The number of hydrogen-bond acceptors (Lipinski definition) is 16. The Bertz CT molecular complexity index is 1760. The van der Waals surface area contributed by atoms with Crippen LogP contribution in [0.2, 0.25) is 0 Å². The van der Waals surface area contributed by atoms with Crippen LogP contribution >= 0.6 is 0 Å². The number of nitrogens with zero attached hydrogens (tertiary/aromatic N) is 3. The second-order valence-electron chi connectivity index (χ2n) is 19.8. The lowest BCUT2D eigenvalue weighted by atomic mass is 9.77. The minimum Gasteiger partial charge on any atom is -0.459 e. The topological polar surface area (TPSA) is 235 Å². The van der Waals surface area contributed by atoms with Gasteiger partial charge in [0, 0.05) is 62.9 Å². The van der Waals surface area contributed by atoms with Gasteiger partial charge in [0.2, 0.25) is 0 Å². The highest BCUT2D eigenvalue weighted by molar-refractivity contribution is 5.73. The fraction of sp³-hybridized carbons (Fsp3) is 0.889. The summed E-state index contributed by atoms with van der Waals surface area (Å²) in [6, 6.07) is -1.04. The van der Waals surface area contributed by atoms with Crippen molar-refractivity contribution in [3.05, 3.63) is 32.6 Å². The van der Waals surface area contributed by atoms with Crippen LogP contribution in [0.25, 0.3) is 0 Å². The molecule has 0 bridgehead atoms. The molecule has 1 unspecified atom stereocenters. The molecule has 6 N–H and O–H groups in total. The van der Waals surface area contributed by atoms with Crippen molar-refractivity contribution in [1.82, 2.24) is 19.4 Å². The minimum absolute atomic E-state index is 0.0914. The van der Waals surface area contributed by atoms with Crippen LogP contribution in [0.15, 0.2) is 15.8 Å². The van der Waals surface area contributed by atoms with Gasteiger partial charge in [0.05, 0.1) is 41.5 Å². The van der Waals surface area contributed by atoms with E-state index in [1.807, 2.05) is 37.7 Å². The normalized spacial score (nSPS) is 43.0. The summed E-state index contributed by atoms with van der Waals surface area (Å²) >= 11 is 0. The van der Waals surface area contributed by atoms with Crippen LogP contribution in [0, 0.1) is 24.7 Å². The van der Waals surface area contributed by atoms with Crippen LogP contribution in [0.1, 0.15) is 107 Å². The fourth-order valence-corrected chi connectivity index (χ4v) is 10.1. The third-order valence-electron chi connectivity index (χ3n) is 14.1. The molecule has 18 atom stereocenters. The Balaban J connectivity index is 1.82. The van der Waals surface area contributed by atoms with E-state index >= 15 is 0 Å². The van der Waals surface area contributed by atoms with Gasteiger partial charge in [0.15, 0.2) is 12.6 Å². The van der Waals surface area contributed by atoms with Gasteiger partial charge in [-0.3, -0.25) is 19.5 Å². The Morgan fingerprint density at radius 2 is 1.59 bits per heavy atom. The van der Waals surface area contributed by atoms with E-state index in [0.29, 0.717) is 31.5 Å². The number of carbonyl (C=O) groups excluding carboxylic acids is 1. The molecule has 18 heteroatoms. The van der Waals surface area contributed by atoms with Gasteiger partial charge in [-0.15, -0.1) is 0 Å². The van der Waals surface area contributed by atoms with Crippen molar-refractivity contribution in [2.24, 2.45) is 17.8 Å². The number of esters is 1. The van der Waals surface area contributed by atoms with E-state index < -0.39 is 107 Å². The van der Waals surface area contributed by atoms with Gasteiger partial charge in [0.1, 0.15) is 30.0 Å². The molecule has 3 aliphatic rings. The quantitative estimate of drug-likeness (QED) is 0.173. The maximum Gasteiger partial charge on any atom is 0.328 e. The molecule has 1 aromatic heterocycles. The molecule has 0 radical (unpaired) electrons. The average molecular weight is 901 g/mol. The van der Waals surface area contributed by atoms with E-state index in [0.717, 1.165) is 0 Å². The molecule has 0 spiro atoms. The molecule has 0 aliphatic carbocycles. The molecule has 0 saturated carbocycles. The number of likely N-dealkylation sites (N-methyl/N-ethyl adjacent to an activating group) is 1. The number of ether oxygens (including phenoxy) is 6. The van der Waals surface area contributed by atoms with Crippen molar-refractivity contribution in [1.29, 1.82) is 0 Å². The smallest absolute Gasteiger partial charge is 0.328 e. The summed E-state index contributed by atoms with van der Waals surface area (Å²) in [7, 11) is 5.22. The maximum absolute atomic E-state index is 14.5. The van der Waals surface area contributed by atoms with Gasteiger partial charge in [-0.05, 0) is 101 Å². The molecule has 1 aromatic rings. The second kappa shape index (κ2) is 21.5. The summed E-state index contributed by atoms with van der Waals surface area (Å²) in [5.41, 5.74) is -5.30. The Hall–Kier alpha value is -2.33. The number of rotatable bonds is 11. The maximum atomic E-state index is 14.5. The van der Waals surface area contributed by atoms with E-state index in [2.05, 4.69) is 4.98 Å². The number of cyclic esters (lactones) is 1. The van der Waals surface area contributed by atoms with Crippen LogP contribution in [0.5, 0.6) is 0 Å². The number of methoxy groups -OCH3 is 1. The number of aromatic nitrogens is 2. The van der Waals surface area contributed by atoms with Crippen molar-refractivity contribution in [2.45, 2.75) is 205 Å². The zero-order valence-electron chi connectivity index (χ0n) is 40.1. The molecular weight excluding hydrogens is 821 g/mol. The molecular formula is C45H80N4O14. The van der Waals surface area contributed by atoms with Gasteiger partial charge >= 0.3 is 11.7 Å². The van der Waals surface area contributed by atoms with Crippen molar-refractivity contribution >= 4 is 5.97 Å². The Kier molecular flexibility index (Phi) is 18.2. The SMILES string of the molecule is CCC1OC(=O)[C@H](C)[C@@H](O[C@H]2C[C@@](C)(OC)[C@@H](O)[C@H](C)O2)[C@H](C)[C@@H](O[C@@H]2O[C@H](C)C[C@H](N(C)C)[C@H]2O)[C@](C)(O)C[C@@H](C)CN(CCCn2cc(C)c(=O)[nH]c2=O)[C@H](C)[C@@H](O)[C@]1(C)O. The van der Waals surface area contributed by atoms with Gasteiger partial charge in [-0.2, -0.15) is 0 Å². The van der Waals surface area contributed by atoms with Crippen LogP contribution < -0.4 is 11.2 Å². The average Bonchev–Trinajstić information content (AvgIpc) is 3.20. The zero-order valence-corrected chi connectivity index (χ0v) is 40.1. The van der Waals surface area contributed by atoms with Crippen molar-refractivity contribution in [2.75, 3.05) is 34.3 Å². The van der Waals surface area contributed by atoms with Crippen molar-refractivity contribution in [3.8, 4) is 0 Å². The summed E-state index contributed by atoms with van der Waals surface area (Å²) < 4.78 is 39.3. The molecule has 0 amide bonds. The van der Waals surface area contributed by atoms with E-state index in [1.165, 1.54) is 24.8 Å². The summed E-state index contributed by atoms with van der Waals surface area (Å²) in [5.74, 6) is -2.95. The molecule has 3 aliphatic heterocycles. The molecule has 4 rings (SSSR count). The monoisotopic (exact) mass is 901 g/mol. The zero-order chi connectivity index (χ0) is 47.5. The minimum atomic E-state index is -1.94. The number of nitrogens with one attached hydrogen (secondary N) is 1. The Labute approximate surface area is 373 Å². The van der Waals surface area contributed by atoms with E-state index in [1.54, 1.807) is 55.4 Å². The number of hydrogen-bond donors (Lipinski definition) is 6. The van der Waals surface area contributed by atoms with Crippen LogP contribution in [-0.2, 0) is 39.8 Å². The molecule has 364 valence electrons. The lowest BCUT2D eigenvalue weighted by Gasteiger charge is -2.48. The largest absolute Gasteiger partial charge is 0.459 e. The van der Waals surface area contributed by atoms with E-state index in [-0.39, 0.29) is 43.9 Å². The second-order valence-corrected chi connectivity index (χ2v) is 19.8. The molecule has 3 saturated heterocycles. The van der Waals surface area contributed by atoms with Crippen LogP contribution in [0.4, 0.5) is 0 Å². The first-order valence-corrected chi connectivity index (χ1v) is 22.8. The number of aryl methyl sites for hydroxylation is 2. The Morgan fingerprint density at radius 3 is 2.19 bits per heavy atom. The highest BCUT2D eigenvalue weighted by Crippen LogP contribution is 2.40. The summed E-state index contributed by atoms with van der Waals surface area (Å²) in [6.45, 7) is 19.8. The fourth-order valence-electron chi connectivity index (χ4n) is 10.1. The molecule has 18 nitrogen and oxygen atoms in total. The molecule has 63 heavy (non-hydrogen) atoms. The predicted octanol–water partition coefficient (Wildman–Crippen LogP) is 1.52. The number of aliphatic hydroxyl groups is 5. The molecule has 4 heterocycles. The number of aliphatic hydroxyl groups excluding tert-OH is 3. The third-order valence-corrected chi connectivity index (χ3v) is 14.1. The van der Waals surface area contributed by atoms with E-state index in [4.69, 9.17) is 28.4 Å². The number of aromatic amines is 1. The van der Waals surface area contributed by atoms with Crippen LogP contribution in [-0.4, -0.2) is 175 Å². The standard InChI is InChI=1S/C45H80N4O14/c1-15-32-45(11,57)36(51)29(7)48(17-16-18-49-23-25(3)39(53)46-42(49)55)22-24(2)20-43(9,56)38(63-41-34(50)31(47(12)13)19-26(4)59-41)27(5)35(28(6)40(54)61-32)62-33-21-44(10,58-14)37(52)30(8)60-33/h23-24,26-38,41,50-52,56-57H,15-22H2,1-14H3,(H,46,53,55)/t24-,26-,27+,28-,29-,30+,31+,32?,33+,34-,35+,36-,37+,38-,41+,43-,44-,45-/m1/s1. The first kappa shape index (κ1) is 53.3. The lowest BCUT2D eigenvalue weighted by Crippen LogP contribution is -2.60. The molecule has 3 fully saturated rings.